The van der Waals surface area contributed by atoms with E-state index in [9.17, 15) is 9.59 Å². The van der Waals surface area contributed by atoms with Crippen molar-refractivity contribution in [2.75, 3.05) is 6.61 Å². The minimum atomic E-state index is -1.13. The first kappa shape index (κ1) is 17.9. The van der Waals surface area contributed by atoms with Gasteiger partial charge < -0.3 is 4.74 Å². The van der Waals surface area contributed by atoms with Gasteiger partial charge in [0.25, 0.3) is 0 Å². The van der Waals surface area contributed by atoms with E-state index >= 15 is 0 Å². The number of ketones is 1. The van der Waals surface area contributed by atoms with Gasteiger partial charge in [0, 0.05) is 6.42 Å². The topological polar surface area (TPSA) is 43.4 Å². The Labute approximate surface area is 117 Å². The Morgan fingerprint density at radius 3 is 2.21 bits per heavy atom. The van der Waals surface area contributed by atoms with Gasteiger partial charge in [0.1, 0.15) is 5.41 Å². The smallest absolute Gasteiger partial charge is 0.323 e. The van der Waals surface area contributed by atoms with Crippen molar-refractivity contribution in [1.29, 1.82) is 0 Å². The number of rotatable bonds is 11. The molecule has 0 aliphatic rings. The molecule has 0 aromatic heterocycles. The first-order valence-electron chi connectivity index (χ1n) is 7.43. The molecule has 0 rings (SSSR count). The van der Waals surface area contributed by atoms with Crippen LogP contribution in [0.5, 0.6) is 0 Å². The molecule has 0 aliphatic carbocycles. The molecule has 0 heterocycles. The van der Waals surface area contributed by atoms with Crippen LogP contribution in [0.4, 0.5) is 0 Å². The van der Waals surface area contributed by atoms with Crippen molar-refractivity contribution in [2.24, 2.45) is 5.41 Å². The van der Waals surface area contributed by atoms with Crippen molar-refractivity contribution < 1.29 is 14.3 Å². The second-order valence-electron chi connectivity index (χ2n) is 4.88. The first-order chi connectivity index (χ1) is 9.08. The summed E-state index contributed by atoms with van der Waals surface area (Å²) in [7, 11) is 0. The highest BCUT2D eigenvalue weighted by atomic mass is 16.5. The van der Waals surface area contributed by atoms with Crippen molar-refractivity contribution in [3.63, 3.8) is 0 Å². The molecule has 1 atom stereocenters. The molecule has 3 heteroatoms. The molecule has 0 aliphatic heterocycles. The van der Waals surface area contributed by atoms with Gasteiger partial charge in [-0.3, -0.25) is 9.59 Å². The number of esters is 1. The number of carbonyl (C=O) groups is 2. The van der Waals surface area contributed by atoms with Gasteiger partial charge in [0.05, 0.1) is 6.61 Å². The molecule has 19 heavy (non-hydrogen) atoms. The fourth-order valence-electron chi connectivity index (χ4n) is 2.13. The molecule has 0 aromatic carbocycles. The van der Waals surface area contributed by atoms with E-state index in [1.807, 2.05) is 6.92 Å². The van der Waals surface area contributed by atoms with Gasteiger partial charge in [-0.25, -0.2) is 0 Å². The van der Waals surface area contributed by atoms with Crippen LogP contribution in [0.3, 0.4) is 0 Å². The molecule has 0 saturated carbocycles. The molecule has 0 aromatic rings. The highest BCUT2D eigenvalue weighted by Gasteiger charge is 2.42. The van der Waals surface area contributed by atoms with Gasteiger partial charge in [-0.15, -0.1) is 6.58 Å². The molecular formula is C16H28O3. The molecule has 1 unspecified atom stereocenters. The average Bonchev–Trinajstić information content (AvgIpc) is 2.40. The van der Waals surface area contributed by atoms with Gasteiger partial charge >= 0.3 is 5.97 Å². The van der Waals surface area contributed by atoms with Crippen LogP contribution in [0.25, 0.3) is 0 Å². The van der Waals surface area contributed by atoms with Crippen LogP contribution in [0.1, 0.15) is 65.7 Å². The van der Waals surface area contributed by atoms with Crippen molar-refractivity contribution in [3.8, 4) is 0 Å². The summed E-state index contributed by atoms with van der Waals surface area (Å²) in [5.74, 6) is -0.470. The zero-order chi connectivity index (χ0) is 14.7. The zero-order valence-corrected chi connectivity index (χ0v) is 12.7. The number of carbonyl (C=O) groups excluding carboxylic acids is 2. The summed E-state index contributed by atoms with van der Waals surface area (Å²) in [4.78, 5) is 24.6. The van der Waals surface area contributed by atoms with Crippen LogP contribution < -0.4 is 0 Å². The summed E-state index contributed by atoms with van der Waals surface area (Å²) in [6.07, 6.45) is 7.10. The Morgan fingerprint density at radius 1 is 1.11 bits per heavy atom. The Morgan fingerprint density at radius 2 is 1.74 bits per heavy atom. The maximum atomic E-state index is 12.4. The molecule has 0 saturated heterocycles. The third-order valence-electron chi connectivity index (χ3n) is 3.42. The van der Waals surface area contributed by atoms with E-state index in [1.165, 1.54) is 6.08 Å². The molecule has 0 N–H and O–H groups in total. The molecular weight excluding hydrogens is 240 g/mol. The van der Waals surface area contributed by atoms with Crippen LogP contribution in [-0.2, 0) is 14.3 Å². The second kappa shape index (κ2) is 9.76. The number of ether oxygens (including phenoxy) is 1. The van der Waals surface area contributed by atoms with E-state index in [2.05, 4.69) is 13.5 Å². The quantitative estimate of drug-likeness (QED) is 0.246. The van der Waals surface area contributed by atoms with Crippen LogP contribution in [-0.4, -0.2) is 18.4 Å². The summed E-state index contributed by atoms with van der Waals surface area (Å²) in [5, 5.41) is 0. The highest BCUT2D eigenvalue weighted by Crippen LogP contribution is 2.31. The van der Waals surface area contributed by atoms with Crippen LogP contribution in [0.2, 0.25) is 0 Å². The lowest BCUT2D eigenvalue weighted by atomic mass is 9.77. The molecule has 0 bridgehead atoms. The lowest BCUT2D eigenvalue weighted by molar-refractivity contribution is -0.157. The maximum Gasteiger partial charge on any atom is 0.323 e. The van der Waals surface area contributed by atoms with E-state index in [4.69, 9.17) is 4.74 Å². The van der Waals surface area contributed by atoms with Crippen molar-refractivity contribution in [1.82, 2.24) is 0 Å². The summed E-state index contributed by atoms with van der Waals surface area (Å²) in [6.45, 7) is 9.90. The normalized spacial score (nSPS) is 13.6. The predicted molar refractivity (Wildman–Crippen MR) is 77.9 cm³/mol. The Balaban J connectivity index is 4.93. The molecule has 0 radical (unpaired) electrons. The Kier molecular flexibility index (Phi) is 9.19. The van der Waals surface area contributed by atoms with Crippen molar-refractivity contribution >= 4 is 11.8 Å². The van der Waals surface area contributed by atoms with Crippen LogP contribution >= 0.6 is 0 Å². The van der Waals surface area contributed by atoms with E-state index in [0.29, 0.717) is 19.4 Å². The number of unbranched alkanes of at least 4 members (excludes halogenated alkanes) is 3. The zero-order valence-electron chi connectivity index (χ0n) is 12.7. The highest BCUT2D eigenvalue weighted by molar-refractivity contribution is 6.05. The number of hydrogen-bond acceptors (Lipinski definition) is 3. The third kappa shape index (κ3) is 5.17. The lowest BCUT2D eigenvalue weighted by Gasteiger charge is -2.26. The Bertz CT molecular complexity index is 296. The predicted octanol–water partition coefficient (Wildman–Crippen LogP) is 4.06. The monoisotopic (exact) mass is 268 g/mol. The largest absolute Gasteiger partial charge is 0.465 e. The number of hydrogen-bond donors (Lipinski definition) is 0. The molecule has 110 valence electrons. The minimum Gasteiger partial charge on any atom is -0.465 e. The van der Waals surface area contributed by atoms with Crippen molar-refractivity contribution in [2.45, 2.75) is 65.7 Å². The summed E-state index contributed by atoms with van der Waals surface area (Å²) in [6, 6.07) is 0. The van der Waals surface area contributed by atoms with Gasteiger partial charge in [0.2, 0.25) is 0 Å². The van der Waals surface area contributed by atoms with E-state index in [1.54, 1.807) is 6.92 Å². The maximum absolute atomic E-state index is 12.4. The summed E-state index contributed by atoms with van der Waals surface area (Å²) in [5.41, 5.74) is -1.13. The third-order valence-corrected chi connectivity index (χ3v) is 3.42. The average molecular weight is 268 g/mol. The van der Waals surface area contributed by atoms with Gasteiger partial charge in [0.15, 0.2) is 5.78 Å². The van der Waals surface area contributed by atoms with E-state index < -0.39 is 11.4 Å². The second-order valence-corrected chi connectivity index (χ2v) is 4.88. The van der Waals surface area contributed by atoms with Crippen LogP contribution in [0, 0.1) is 5.41 Å². The minimum absolute atomic E-state index is 0.0390. The number of Topliss-reactive ketones (excluding diaryl/α,β-unsaturated/α-hetero) is 1. The standard InChI is InChI=1S/C16H28O3/c1-5-9-11-12-14(17)16(7-3,13-10-6-2)15(18)19-8-4/h7H,3,5-6,8-13H2,1-2,4H3. The molecule has 3 nitrogen and oxygen atoms in total. The van der Waals surface area contributed by atoms with Crippen LogP contribution in [0.15, 0.2) is 12.7 Å². The van der Waals surface area contributed by atoms with Gasteiger partial charge in [-0.05, 0) is 19.8 Å². The fourth-order valence-corrected chi connectivity index (χ4v) is 2.13. The SMILES string of the molecule is C=CC(CCCC)(C(=O)CCCCC)C(=O)OCC. The van der Waals surface area contributed by atoms with Gasteiger partial charge in [-0.1, -0.05) is 45.6 Å². The molecule has 0 amide bonds. The molecule has 0 spiro atoms. The summed E-state index contributed by atoms with van der Waals surface area (Å²) >= 11 is 0. The first-order valence-corrected chi connectivity index (χ1v) is 7.43. The van der Waals surface area contributed by atoms with Crippen molar-refractivity contribution in [3.05, 3.63) is 12.7 Å². The molecule has 0 fully saturated rings. The van der Waals surface area contributed by atoms with E-state index in [-0.39, 0.29) is 5.78 Å². The lowest BCUT2D eigenvalue weighted by Crippen LogP contribution is -2.39. The summed E-state index contributed by atoms with van der Waals surface area (Å²) < 4.78 is 5.09. The van der Waals surface area contributed by atoms with Gasteiger partial charge in [-0.2, -0.15) is 0 Å². The Hall–Kier alpha value is -1.12. The van der Waals surface area contributed by atoms with E-state index in [0.717, 1.165) is 32.1 Å². The fraction of sp³-hybridized carbons (Fsp3) is 0.750.